The molecule has 2 rings (SSSR count). The summed E-state index contributed by atoms with van der Waals surface area (Å²) in [4.78, 5) is 13.5. The van der Waals surface area contributed by atoms with Crippen LogP contribution in [0, 0.1) is 5.92 Å². The average molecular weight is 264 g/mol. The Kier molecular flexibility index (Phi) is 3.71. The van der Waals surface area contributed by atoms with Crippen LogP contribution in [-0.4, -0.2) is 46.4 Å². The normalized spacial score (nSPS) is 17.2. The van der Waals surface area contributed by atoms with E-state index in [1.165, 1.54) is 0 Å². The highest BCUT2D eigenvalue weighted by atomic mass is 16.3. The maximum absolute atomic E-state index is 11.5. The maximum atomic E-state index is 11.5. The van der Waals surface area contributed by atoms with Gasteiger partial charge in [-0.15, -0.1) is 10.2 Å². The van der Waals surface area contributed by atoms with Crippen molar-refractivity contribution in [2.75, 3.05) is 24.5 Å². The molecule has 0 bridgehead atoms. The van der Waals surface area contributed by atoms with E-state index < -0.39 is 5.60 Å². The Morgan fingerprint density at radius 2 is 2.16 bits per heavy atom. The third-order valence-corrected chi connectivity index (χ3v) is 3.55. The molecule has 2 heterocycles. The highest BCUT2D eigenvalue weighted by Gasteiger charge is 2.44. The lowest BCUT2D eigenvalue weighted by Gasteiger charge is -2.49. The fourth-order valence-electron chi connectivity index (χ4n) is 2.01. The van der Waals surface area contributed by atoms with E-state index in [2.05, 4.69) is 15.5 Å². The monoisotopic (exact) mass is 264 g/mol. The second-order valence-corrected chi connectivity index (χ2v) is 5.25. The molecular weight excluding hydrogens is 244 g/mol. The van der Waals surface area contributed by atoms with E-state index in [0.717, 1.165) is 0 Å². The van der Waals surface area contributed by atoms with E-state index >= 15 is 0 Å². The predicted molar refractivity (Wildman–Crippen MR) is 72.0 cm³/mol. The molecule has 1 aromatic heterocycles. The quantitative estimate of drug-likeness (QED) is 0.824. The Bertz CT molecular complexity index is 452. The summed E-state index contributed by atoms with van der Waals surface area (Å²) in [7, 11) is 0. The molecular formula is C13H20N4O2. The highest BCUT2D eigenvalue weighted by molar-refractivity contribution is 5.92. The number of β-amino-alcohol motifs (C(OH)–C–C–N with tert-alkyl or cyclic N) is 1. The van der Waals surface area contributed by atoms with Crippen molar-refractivity contribution in [3.8, 4) is 0 Å². The van der Waals surface area contributed by atoms with Gasteiger partial charge in [0.15, 0.2) is 11.5 Å². The van der Waals surface area contributed by atoms with E-state index in [9.17, 15) is 9.90 Å². The number of anilines is 1. The summed E-state index contributed by atoms with van der Waals surface area (Å²) in [5.41, 5.74) is -0.329. The number of hydrogen-bond donors (Lipinski definition) is 2. The second kappa shape index (κ2) is 5.13. The Morgan fingerprint density at radius 1 is 1.47 bits per heavy atom. The number of hydrogen-bond acceptors (Lipinski definition) is 5. The lowest BCUT2D eigenvalue weighted by molar-refractivity contribution is -0.0305. The molecule has 0 aromatic carbocycles. The third-order valence-electron chi connectivity index (χ3n) is 3.55. The number of nitrogens with one attached hydrogen (secondary N) is 1. The minimum Gasteiger partial charge on any atom is -0.386 e. The van der Waals surface area contributed by atoms with Gasteiger partial charge in [-0.2, -0.15) is 0 Å². The van der Waals surface area contributed by atoms with Gasteiger partial charge in [-0.1, -0.05) is 13.8 Å². The summed E-state index contributed by atoms with van der Waals surface area (Å²) in [6.07, 6.45) is 0. The van der Waals surface area contributed by atoms with E-state index in [1.807, 2.05) is 25.7 Å². The van der Waals surface area contributed by atoms with Gasteiger partial charge in [-0.3, -0.25) is 4.79 Å². The Balaban J connectivity index is 1.99. The topological polar surface area (TPSA) is 78.4 Å². The first-order valence-corrected chi connectivity index (χ1v) is 6.55. The fraction of sp³-hybridized carbons (Fsp3) is 0.615. The van der Waals surface area contributed by atoms with Crippen molar-refractivity contribution >= 4 is 11.7 Å². The van der Waals surface area contributed by atoms with E-state index in [1.54, 1.807) is 12.1 Å². The number of carbonyl (C=O) groups is 1. The number of aromatic nitrogens is 2. The van der Waals surface area contributed by atoms with Crippen LogP contribution in [0.3, 0.4) is 0 Å². The minimum atomic E-state index is -0.639. The zero-order valence-corrected chi connectivity index (χ0v) is 11.6. The molecule has 1 aliphatic heterocycles. The zero-order chi connectivity index (χ0) is 14.0. The number of aliphatic hydroxyl groups is 1. The summed E-state index contributed by atoms with van der Waals surface area (Å²) in [6, 6.07) is 3.41. The predicted octanol–water partition coefficient (Wildman–Crippen LogP) is 0.433. The zero-order valence-electron chi connectivity index (χ0n) is 11.6. The van der Waals surface area contributed by atoms with Crippen molar-refractivity contribution in [1.29, 1.82) is 0 Å². The Morgan fingerprint density at radius 3 is 2.63 bits per heavy atom. The van der Waals surface area contributed by atoms with Crippen LogP contribution < -0.4 is 10.2 Å². The van der Waals surface area contributed by atoms with Crippen molar-refractivity contribution in [3.05, 3.63) is 17.8 Å². The molecule has 1 saturated heterocycles. The van der Waals surface area contributed by atoms with Gasteiger partial charge in [-0.05, 0) is 25.0 Å². The summed E-state index contributed by atoms with van der Waals surface area (Å²) >= 11 is 0. The van der Waals surface area contributed by atoms with Crippen LogP contribution >= 0.6 is 0 Å². The Labute approximate surface area is 112 Å². The summed E-state index contributed by atoms with van der Waals surface area (Å²) in [5.74, 6) is 0.688. The van der Waals surface area contributed by atoms with Gasteiger partial charge >= 0.3 is 0 Å². The number of rotatable bonds is 4. The van der Waals surface area contributed by atoms with Crippen molar-refractivity contribution in [1.82, 2.24) is 15.5 Å². The van der Waals surface area contributed by atoms with Gasteiger partial charge < -0.3 is 15.3 Å². The second-order valence-electron chi connectivity index (χ2n) is 5.25. The summed E-state index contributed by atoms with van der Waals surface area (Å²) < 4.78 is 0. The molecule has 0 radical (unpaired) electrons. The van der Waals surface area contributed by atoms with Crippen LogP contribution in [0.1, 0.15) is 31.3 Å². The van der Waals surface area contributed by atoms with Gasteiger partial charge in [0.25, 0.3) is 5.91 Å². The van der Waals surface area contributed by atoms with Gasteiger partial charge in [0.05, 0.1) is 13.1 Å². The largest absolute Gasteiger partial charge is 0.386 e. The molecule has 1 fully saturated rings. The molecule has 0 saturated carbocycles. The van der Waals surface area contributed by atoms with Crippen LogP contribution in [0.5, 0.6) is 0 Å². The van der Waals surface area contributed by atoms with Crippen molar-refractivity contribution < 1.29 is 9.90 Å². The van der Waals surface area contributed by atoms with Crippen LogP contribution in [-0.2, 0) is 0 Å². The van der Waals surface area contributed by atoms with Crippen molar-refractivity contribution in [2.45, 2.75) is 26.4 Å². The lowest BCUT2D eigenvalue weighted by Crippen LogP contribution is -2.65. The first-order valence-electron chi connectivity index (χ1n) is 6.55. The standard InChI is InChI=1S/C13H20N4O2/c1-4-14-12(18)10-5-6-11(16-15-10)17-7-13(19,8-17)9(2)3/h5-6,9,19H,4,7-8H2,1-3H3,(H,14,18). The molecule has 6 nitrogen and oxygen atoms in total. The van der Waals surface area contributed by atoms with E-state index in [-0.39, 0.29) is 11.8 Å². The molecule has 104 valence electrons. The maximum Gasteiger partial charge on any atom is 0.271 e. The van der Waals surface area contributed by atoms with Gasteiger partial charge in [-0.25, -0.2) is 0 Å². The molecule has 1 amide bonds. The molecule has 6 heteroatoms. The molecule has 1 aliphatic rings. The molecule has 0 spiro atoms. The average Bonchev–Trinajstić information content (AvgIpc) is 2.35. The summed E-state index contributed by atoms with van der Waals surface area (Å²) in [5, 5.41) is 20.8. The molecule has 0 aliphatic carbocycles. The van der Waals surface area contributed by atoms with Crippen molar-refractivity contribution in [3.63, 3.8) is 0 Å². The van der Waals surface area contributed by atoms with Crippen LogP contribution in [0.15, 0.2) is 12.1 Å². The molecule has 1 aromatic rings. The highest BCUT2D eigenvalue weighted by Crippen LogP contribution is 2.31. The van der Waals surface area contributed by atoms with Crippen LogP contribution in [0.2, 0.25) is 0 Å². The van der Waals surface area contributed by atoms with Crippen LogP contribution in [0.4, 0.5) is 5.82 Å². The van der Waals surface area contributed by atoms with Crippen molar-refractivity contribution in [2.24, 2.45) is 5.92 Å². The smallest absolute Gasteiger partial charge is 0.271 e. The minimum absolute atomic E-state index is 0.214. The number of nitrogens with zero attached hydrogens (tertiary/aromatic N) is 3. The first kappa shape index (κ1) is 13.7. The van der Waals surface area contributed by atoms with Gasteiger partial charge in [0.2, 0.25) is 0 Å². The lowest BCUT2D eigenvalue weighted by atomic mass is 9.83. The van der Waals surface area contributed by atoms with Gasteiger partial charge in [0, 0.05) is 6.54 Å². The first-order chi connectivity index (χ1) is 8.96. The molecule has 2 N–H and O–H groups in total. The third kappa shape index (κ3) is 2.68. The SMILES string of the molecule is CCNC(=O)c1ccc(N2CC(O)(C(C)C)C2)nn1. The Hall–Kier alpha value is -1.69. The van der Waals surface area contributed by atoms with E-state index in [4.69, 9.17) is 0 Å². The number of carbonyl (C=O) groups excluding carboxylic acids is 1. The summed E-state index contributed by atoms with van der Waals surface area (Å²) in [6.45, 7) is 7.53. The van der Waals surface area contributed by atoms with E-state index in [0.29, 0.717) is 31.1 Å². The van der Waals surface area contributed by atoms with Gasteiger partial charge in [0.1, 0.15) is 5.60 Å². The van der Waals surface area contributed by atoms with Crippen LogP contribution in [0.25, 0.3) is 0 Å². The molecule has 19 heavy (non-hydrogen) atoms. The molecule has 0 unspecified atom stereocenters. The fourth-order valence-corrected chi connectivity index (χ4v) is 2.01. The molecule has 0 atom stereocenters. The number of amides is 1.